The van der Waals surface area contributed by atoms with Gasteiger partial charge in [-0.3, -0.25) is 10.1 Å². The highest BCUT2D eigenvalue weighted by Crippen LogP contribution is 2.30. The molecule has 2 aromatic carbocycles. The van der Waals surface area contributed by atoms with Crippen molar-refractivity contribution in [3.63, 3.8) is 0 Å². The Morgan fingerprint density at radius 2 is 2.07 bits per heavy atom. The molecule has 1 heterocycles. The number of amides is 1. The Balaban J connectivity index is 1.67. The van der Waals surface area contributed by atoms with Crippen molar-refractivity contribution in [1.29, 1.82) is 0 Å². The van der Waals surface area contributed by atoms with E-state index in [1.165, 1.54) is 17.4 Å². The Morgan fingerprint density at radius 3 is 2.82 bits per heavy atom. The van der Waals surface area contributed by atoms with Crippen molar-refractivity contribution in [2.45, 2.75) is 6.92 Å². The lowest BCUT2D eigenvalue weighted by molar-refractivity contribution is -0.111. The van der Waals surface area contributed by atoms with Crippen LogP contribution in [0.2, 0.25) is 5.02 Å². The van der Waals surface area contributed by atoms with E-state index >= 15 is 0 Å². The van der Waals surface area contributed by atoms with Crippen molar-refractivity contribution < 1.29 is 14.3 Å². The lowest BCUT2D eigenvalue weighted by Crippen LogP contribution is -2.07. The Morgan fingerprint density at radius 1 is 1.25 bits per heavy atom. The first-order valence-corrected chi connectivity index (χ1v) is 9.86. The summed E-state index contributed by atoms with van der Waals surface area (Å²) in [6.45, 7) is 2.46. The Kier molecular flexibility index (Phi) is 6.68. The summed E-state index contributed by atoms with van der Waals surface area (Å²) in [5.74, 6) is 1.02. The number of rotatable bonds is 7. The lowest BCUT2D eigenvalue weighted by atomic mass is 10.2. The Hall–Kier alpha value is -2.83. The van der Waals surface area contributed by atoms with Crippen LogP contribution in [0.5, 0.6) is 11.5 Å². The van der Waals surface area contributed by atoms with E-state index in [4.69, 9.17) is 21.1 Å². The summed E-state index contributed by atoms with van der Waals surface area (Å²) < 4.78 is 10.8. The van der Waals surface area contributed by atoms with E-state index in [9.17, 15) is 4.79 Å². The molecule has 1 amide bonds. The van der Waals surface area contributed by atoms with Crippen LogP contribution in [0.3, 0.4) is 0 Å². The van der Waals surface area contributed by atoms with Crippen LogP contribution < -0.4 is 14.8 Å². The standard InChI is InChI=1S/C21H19ClN2O3S/c1-3-27-18-10-8-14(12-19(18)26-2)9-11-20(25)24-21-23-17(13-28-21)15-6-4-5-7-16(15)22/h4-13H,3H2,1-2H3,(H,23,24,25). The van der Waals surface area contributed by atoms with E-state index in [1.807, 2.05) is 54.8 Å². The molecule has 5 nitrogen and oxygen atoms in total. The van der Waals surface area contributed by atoms with Crippen LogP contribution in [-0.4, -0.2) is 24.6 Å². The maximum Gasteiger partial charge on any atom is 0.250 e. The molecule has 0 fully saturated rings. The molecular formula is C21H19ClN2O3S. The van der Waals surface area contributed by atoms with Gasteiger partial charge in [0.05, 0.1) is 19.4 Å². The maximum atomic E-state index is 12.2. The predicted octanol–water partition coefficient (Wildman–Crippen LogP) is 5.52. The van der Waals surface area contributed by atoms with Gasteiger partial charge >= 0.3 is 0 Å². The minimum atomic E-state index is -0.270. The molecular weight excluding hydrogens is 396 g/mol. The Labute approximate surface area is 172 Å². The van der Waals surface area contributed by atoms with Crippen molar-refractivity contribution >= 4 is 40.1 Å². The van der Waals surface area contributed by atoms with Crippen LogP contribution in [-0.2, 0) is 4.79 Å². The summed E-state index contributed by atoms with van der Waals surface area (Å²) in [6, 6.07) is 12.9. The van der Waals surface area contributed by atoms with Gasteiger partial charge in [-0.1, -0.05) is 35.9 Å². The number of benzene rings is 2. The summed E-state index contributed by atoms with van der Waals surface area (Å²) in [4.78, 5) is 16.6. The number of carbonyl (C=O) groups excluding carboxylic acids is 1. The van der Waals surface area contributed by atoms with Crippen LogP contribution in [0.25, 0.3) is 17.3 Å². The minimum absolute atomic E-state index is 0.270. The predicted molar refractivity (Wildman–Crippen MR) is 114 cm³/mol. The minimum Gasteiger partial charge on any atom is -0.493 e. The molecule has 3 rings (SSSR count). The number of aromatic nitrogens is 1. The maximum absolute atomic E-state index is 12.2. The molecule has 0 aliphatic heterocycles. The zero-order valence-corrected chi connectivity index (χ0v) is 17.0. The third kappa shape index (κ3) is 4.91. The highest BCUT2D eigenvalue weighted by atomic mass is 35.5. The zero-order valence-electron chi connectivity index (χ0n) is 15.4. The first-order chi connectivity index (χ1) is 13.6. The van der Waals surface area contributed by atoms with Crippen LogP contribution in [0.4, 0.5) is 5.13 Å². The second kappa shape index (κ2) is 9.39. The lowest BCUT2D eigenvalue weighted by Gasteiger charge is -2.09. The number of anilines is 1. The van der Waals surface area contributed by atoms with Crippen LogP contribution in [0, 0.1) is 0 Å². The van der Waals surface area contributed by atoms with E-state index in [-0.39, 0.29) is 5.91 Å². The molecule has 0 saturated heterocycles. The van der Waals surface area contributed by atoms with E-state index in [0.29, 0.717) is 28.3 Å². The number of hydrogen-bond acceptors (Lipinski definition) is 5. The molecule has 144 valence electrons. The van der Waals surface area contributed by atoms with Gasteiger partial charge in [0.15, 0.2) is 16.6 Å². The third-order valence-electron chi connectivity index (χ3n) is 3.80. The molecule has 0 saturated carbocycles. The molecule has 1 aromatic heterocycles. The van der Waals surface area contributed by atoms with Crippen molar-refractivity contribution in [2.24, 2.45) is 0 Å². The fourth-order valence-electron chi connectivity index (χ4n) is 2.51. The second-order valence-corrected chi connectivity index (χ2v) is 6.95. The molecule has 0 radical (unpaired) electrons. The van der Waals surface area contributed by atoms with Crippen LogP contribution in [0.15, 0.2) is 53.9 Å². The van der Waals surface area contributed by atoms with Gasteiger partial charge in [0.2, 0.25) is 5.91 Å². The van der Waals surface area contributed by atoms with E-state index < -0.39 is 0 Å². The number of thiazole rings is 1. The van der Waals surface area contributed by atoms with Gasteiger partial charge in [-0.05, 0) is 36.8 Å². The van der Waals surface area contributed by atoms with Gasteiger partial charge in [-0.15, -0.1) is 11.3 Å². The highest BCUT2D eigenvalue weighted by molar-refractivity contribution is 7.14. The molecule has 3 aromatic rings. The number of hydrogen-bond donors (Lipinski definition) is 1. The summed E-state index contributed by atoms with van der Waals surface area (Å²) >= 11 is 7.54. The molecule has 0 aliphatic rings. The molecule has 7 heteroatoms. The fraction of sp³-hybridized carbons (Fsp3) is 0.143. The van der Waals surface area contributed by atoms with Gasteiger partial charge < -0.3 is 9.47 Å². The normalized spacial score (nSPS) is 10.8. The SMILES string of the molecule is CCOc1ccc(C=CC(=O)Nc2nc(-c3ccccc3Cl)cs2)cc1OC. The largest absolute Gasteiger partial charge is 0.493 e. The van der Waals surface area contributed by atoms with Gasteiger partial charge in [-0.25, -0.2) is 4.98 Å². The van der Waals surface area contributed by atoms with Crippen LogP contribution >= 0.6 is 22.9 Å². The summed E-state index contributed by atoms with van der Waals surface area (Å²) in [5.41, 5.74) is 2.38. The summed E-state index contributed by atoms with van der Waals surface area (Å²) in [6.07, 6.45) is 3.15. The summed E-state index contributed by atoms with van der Waals surface area (Å²) in [5, 5.41) is 5.75. The second-order valence-electron chi connectivity index (χ2n) is 5.68. The first kappa shape index (κ1) is 19.9. The molecule has 0 spiro atoms. The monoisotopic (exact) mass is 414 g/mol. The number of halogens is 1. The van der Waals surface area contributed by atoms with Gasteiger partial charge in [-0.2, -0.15) is 0 Å². The first-order valence-electron chi connectivity index (χ1n) is 8.61. The number of carbonyl (C=O) groups is 1. The highest BCUT2D eigenvalue weighted by Gasteiger charge is 2.09. The molecule has 0 atom stereocenters. The average Bonchev–Trinajstić information content (AvgIpc) is 3.15. The molecule has 28 heavy (non-hydrogen) atoms. The van der Waals surface area contributed by atoms with E-state index in [0.717, 1.165) is 16.8 Å². The number of nitrogens with zero attached hydrogens (tertiary/aromatic N) is 1. The van der Waals surface area contributed by atoms with Gasteiger partial charge in [0.25, 0.3) is 0 Å². The van der Waals surface area contributed by atoms with Gasteiger partial charge in [0, 0.05) is 22.0 Å². The molecule has 0 bridgehead atoms. The van der Waals surface area contributed by atoms with Crippen LogP contribution in [0.1, 0.15) is 12.5 Å². The average molecular weight is 415 g/mol. The summed E-state index contributed by atoms with van der Waals surface area (Å²) in [7, 11) is 1.58. The quantitative estimate of drug-likeness (QED) is 0.517. The number of ether oxygens (including phenoxy) is 2. The van der Waals surface area contributed by atoms with Crippen molar-refractivity contribution in [1.82, 2.24) is 4.98 Å². The molecule has 0 unspecified atom stereocenters. The number of nitrogens with one attached hydrogen (secondary N) is 1. The van der Waals surface area contributed by atoms with E-state index in [1.54, 1.807) is 13.2 Å². The zero-order chi connectivity index (χ0) is 19.9. The topological polar surface area (TPSA) is 60.5 Å². The van der Waals surface area contributed by atoms with E-state index in [2.05, 4.69) is 10.3 Å². The Bertz CT molecular complexity index is 1000. The van der Waals surface area contributed by atoms with Gasteiger partial charge in [0.1, 0.15) is 0 Å². The van der Waals surface area contributed by atoms with Crippen molar-refractivity contribution in [2.75, 3.05) is 19.0 Å². The molecule has 1 N–H and O–H groups in total. The number of methoxy groups -OCH3 is 1. The molecule has 0 aliphatic carbocycles. The fourth-order valence-corrected chi connectivity index (χ4v) is 3.45. The third-order valence-corrected chi connectivity index (χ3v) is 4.89. The van der Waals surface area contributed by atoms with Crippen molar-refractivity contribution in [3.8, 4) is 22.8 Å². The van der Waals surface area contributed by atoms with Crippen molar-refractivity contribution in [3.05, 3.63) is 64.5 Å². The smallest absolute Gasteiger partial charge is 0.250 e.